The highest BCUT2D eigenvalue weighted by Crippen LogP contribution is 2.37. The van der Waals surface area contributed by atoms with E-state index in [0.717, 1.165) is 28.4 Å². The Morgan fingerprint density at radius 2 is 2.03 bits per heavy atom. The third-order valence-corrected chi connectivity index (χ3v) is 5.91. The second kappa shape index (κ2) is 7.82. The number of amides is 1. The van der Waals surface area contributed by atoms with Crippen molar-refractivity contribution >= 4 is 35.1 Å². The first-order valence-corrected chi connectivity index (χ1v) is 10.2. The fraction of sp³-hybridized carbons (Fsp3) is 0.350. The predicted molar refractivity (Wildman–Crippen MR) is 109 cm³/mol. The maximum Gasteiger partial charge on any atom is 0.378 e. The lowest BCUT2D eigenvalue weighted by Crippen LogP contribution is -2.35. The molecule has 4 rings (SSSR count). The summed E-state index contributed by atoms with van der Waals surface area (Å²) in [4.78, 5) is 36.3. The molecule has 1 aliphatic rings. The Kier molecular flexibility index (Phi) is 5.23. The third kappa shape index (κ3) is 3.95. The first kappa shape index (κ1) is 19.4. The number of ether oxygens (including phenoxy) is 1. The summed E-state index contributed by atoms with van der Waals surface area (Å²) >= 11 is 1.75. The van der Waals surface area contributed by atoms with Gasteiger partial charge in [-0.25, -0.2) is 14.3 Å². The summed E-state index contributed by atoms with van der Waals surface area (Å²) < 4.78 is 6.70. The van der Waals surface area contributed by atoms with Crippen LogP contribution in [0.15, 0.2) is 35.2 Å². The standard InChI is InChI=1S/C20H21N5O3S/c1-12-10-13(2)25-20(21-12)22-18(23-25)19(27)28-11-17(26)24-9-8-14(3)29-16-7-5-4-6-15(16)24/h4-7,10,14H,8-9,11H2,1-3H3. The van der Waals surface area contributed by atoms with Gasteiger partial charge in [0.2, 0.25) is 0 Å². The molecule has 150 valence electrons. The largest absolute Gasteiger partial charge is 0.450 e. The number of carbonyl (C=O) groups is 2. The Balaban J connectivity index is 1.48. The van der Waals surface area contributed by atoms with Gasteiger partial charge in [-0.15, -0.1) is 16.9 Å². The van der Waals surface area contributed by atoms with E-state index >= 15 is 0 Å². The van der Waals surface area contributed by atoms with Gasteiger partial charge in [0.15, 0.2) is 6.61 Å². The summed E-state index contributed by atoms with van der Waals surface area (Å²) in [6, 6.07) is 9.63. The van der Waals surface area contributed by atoms with Crippen molar-refractivity contribution in [2.45, 2.75) is 37.3 Å². The lowest BCUT2D eigenvalue weighted by molar-refractivity contribution is -0.121. The quantitative estimate of drug-likeness (QED) is 0.612. The molecule has 29 heavy (non-hydrogen) atoms. The second-order valence-electron chi connectivity index (χ2n) is 6.99. The molecule has 9 heteroatoms. The molecule has 0 N–H and O–H groups in total. The number of anilines is 1. The molecule has 1 amide bonds. The smallest absolute Gasteiger partial charge is 0.378 e. The van der Waals surface area contributed by atoms with Crippen LogP contribution in [0.1, 0.15) is 35.4 Å². The van der Waals surface area contributed by atoms with E-state index in [1.807, 2.05) is 44.2 Å². The first-order valence-electron chi connectivity index (χ1n) is 9.36. The number of esters is 1. The van der Waals surface area contributed by atoms with Crippen LogP contribution in [0.2, 0.25) is 0 Å². The van der Waals surface area contributed by atoms with E-state index in [1.165, 1.54) is 4.52 Å². The van der Waals surface area contributed by atoms with Crippen LogP contribution in [0, 0.1) is 13.8 Å². The van der Waals surface area contributed by atoms with Crippen molar-refractivity contribution in [2.75, 3.05) is 18.1 Å². The normalized spacial score (nSPS) is 16.4. The maximum atomic E-state index is 12.8. The maximum absolute atomic E-state index is 12.8. The summed E-state index contributed by atoms with van der Waals surface area (Å²) in [5, 5.41) is 4.55. The van der Waals surface area contributed by atoms with Gasteiger partial charge >= 0.3 is 5.97 Å². The molecule has 1 atom stereocenters. The van der Waals surface area contributed by atoms with Gasteiger partial charge in [-0.1, -0.05) is 19.1 Å². The lowest BCUT2D eigenvalue weighted by Gasteiger charge is -2.22. The Hall–Kier alpha value is -2.94. The van der Waals surface area contributed by atoms with Crippen molar-refractivity contribution in [3.63, 3.8) is 0 Å². The lowest BCUT2D eigenvalue weighted by atomic mass is 10.2. The minimum Gasteiger partial charge on any atom is -0.450 e. The molecule has 1 aliphatic heterocycles. The van der Waals surface area contributed by atoms with E-state index in [-0.39, 0.29) is 18.3 Å². The van der Waals surface area contributed by atoms with Crippen molar-refractivity contribution in [3.05, 3.63) is 47.5 Å². The molecule has 0 bridgehead atoms. The molecule has 0 radical (unpaired) electrons. The van der Waals surface area contributed by atoms with Crippen molar-refractivity contribution in [1.29, 1.82) is 0 Å². The Morgan fingerprint density at radius 1 is 1.24 bits per heavy atom. The minimum absolute atomic E-state index is 0.112. The van der Waals surface area contributed by atoms with Crippen molar-refractivity contribution in [2.24, 2.45) is 0 Å². The van der Waals surface area contributed by atoms with Crippen LogP contribution >= 0.6 is 11.8 Å². The number of benzene rings is 1. The molecule has 8 nitrogen and oxygen atoms in total. The molecule has 0 aliphatic carbocycles. The van der Waals surface area contributed by atoms with Crippen LogP contribution in [-0.2, 0) is 9.53 Å². The zero-order chi connectivity index (χ0) is 20.5. The number of aryl methyl sites for hydroxylation is 2. The molecule has 0 fully saturated rings. The molecular weight excluding hydrogens is 390 g/mol. The number of carbonyl (C=O) groups excluding carboxylic acids is 2. The van der Waals surface area contributed by atoms with E-state index in [2.05, 4.69) is 22.0 Å². The average molecular weight is 411 g/mol. The van der Waals surface area contributed by atoms with Crippen molar-refractivity contribution < 1.29 is 14.3 Å². The molecule has 2 aromatic heterocycles. The summed E-state index contributed by atoms with van der Waals surface area (Å²) in [7, 11) is 0. The zero-order valence-electron chi connectivity index (χ0n) is 16.5. The van der Waals surface area contributed by atoms with Gasteiger partial charge in [0.1, 0.15) is 0 Å². The van der Waals surface area contributed by atoms with Crippen LogP contribution in [0.4, 0.5) is 5.69 Å². The summed E-state index contributed by atoms with van der Waals surface area (Å²) in [6.07, 6.45) is 0.858. The predicted octanol–water partition coefficient (Wildman–Crippen LogP) is 2.82. The minimum atomic E-state index is -0.744. The molecule has 3 aromatic rings. The molecule has 0 saturated carbocycles. The van der Waals surface area contributed by atoms with Gasteiger partial charge in [0.05, 0.1) is 5.69 Å². The Morgan fingerprint density at radius 3 is 2.86 bits per heavy atom. The van der Waals surface area contributed by atoms with Crippen LogP contribution in [0.5, 0.6) is 0 Å². The van der Waals surface area contributed by atoms with E-state index in [9.17, 15) is 9.59 Å². The van der Waals surface area contributed by atoms with Crippen LogP contribution in [0.3, 0.4) is 0 Å². The highest BCUT2D eigenvalue weighted by Gasteiger charge is 2.25. The van der Waals surface area contributed by atoms with E-state index in [1.54, 1.807) is 16.7 Å². The average Bonchev–Trinajstić information content (AvgIpc) is 3.04. The SMILES string of the molecule is Cc1cc(C)n2nc(C(=O)OCC(=O)N3CCC(C)Sc4ccccc43)nc2n1. The molecule has 0 spiro atoms. The zero-order valence-corrected chi connectivity index (χ0v) is 17.3. The third-order valence-electron chi connectivity index (χ3n) is 4.67. The van der Waals surface area contributed by atoms with Crippen molar-refractivity contribution in [1.82, 2.24) is 19.6 Å². The highest BCUT2D eigenvalue weighted by atomic mass is 32.2. The molecule has 1 aromatic carbocycles. The van der Waals surface area contributed by atoms with E-state index < -0.39 is 5.97 Å². The highest BCUT2D eigenvalue weighted by molar-refractivity contribution is 8.00. The van der Waals surface area contributed by atoms with Crippen molar-refractivity contribution in [3.8, 4) is 0 Å². The number of fused-ring (bicyclic) bond motifs is 2. The van der Waals surface area contributed by atoms with Crippen LogP contribution in [0.25, 0.3) is 5.78 Å². The van der Waals surface area contributed by atoms with Gasteiger partial charge in [-0.3, -0.25) is 4.79 Å². The number of aromatic nitrogens is 4. The monoisotopic (exact) mass is 411 g/mol. The fourth-order valence-electron chi connectivity index (χ4n) is 3.27. The number of hydrogen-bond donors (Lipinski definition) is 0. The molecule has 0 saturated heterocycles. The molecule has 3 heterocycles. The number of hydrogen-bond acceptors (Lipinski definition) is 7. The Labute approximate surface area is 172 Å². The van der Waals surface area contributed by atoms with Gasteiger partial charge in [-0.2, -0.15) is 4.98 Å². The van der Waals surface area contributed by atoms with Gasteiger partial charge < -0.3 is 9.64 Å². The fourth-order valence-corrected chi connectivity index (χ4v) is 4.38. The van der Waals surface area contributed by atoms with Crippen LogP contribution < -0.4 is 4.90 Å². The van der Waals surface area contributed by atoms with E-state index in [4.69, 9.17) is 4.74 Å². The van der Waals surface area contributed by atoms with E-state index in [0.29, 0.717) is 17.6 Å². The summed E-state index contributed by atoms with van der Waals surface area (Å²) in [6.45, 7) is 6.05. The molecule has 1 unspecified atom stereocenters. The Bertz CT molecular complexity index is 1100. The molecular formula is C20H21N5O3S. The summed E-state index contributed by atoms with van der Waals surface area (Å²) in [5.74, 6) is -0.797. The van der Waals surface area contributed by atoms with Gasteiger partial charge in [0.25, 0.3) is 17.5 Å². The van der Waals surface area contributed by atoms with Gasteiger partial charge in [-0.05, 0) is 38.5 Å². The van der Waals surface area contributed by atoms with Gasteiger partial charge in [0, 0.05) is 28.1 Å². The topological polar surface area (TPSA) is 89.7 Å². The number of para-hydroxylation sites is 1. The number of rotatable bonds is 3. The first-order chi connectivity index (χ1) is 13.9. The second-order valence-corrected chi connectivity index (χ2v) is 8.47. The summed E-state index contributed by atoms with van der Waals surface area (Å²) in [5.41, 5.74) is 2.44. The van der Waals surface area contributed by atoms with Crippen LogP contribution in [-0.4, -0.2) is 49.9 Å². The number of thioether (sulfide) groups is 1. The number of nitrogens with zero attached hydrogens (tertiary/aromatic N) is 5.